The lowest BCUT2D eigenvalue weighted by molar-refractivity contribution is -0.144. The number of aliphatic imine (C=N–C) groups is 1. The Labute approximate surface area is 580 Å². The van der Waals surface area contributed by atoms with Gasteiger partial charge in [0.1, 0.15) is 66.2 Å². The number of guanidine groups is 1. The summed E-state index contributed by atoms with van der Waals surface area (Å²) in [5.74, 6) is -12.5. The fourth-order valence-electron chi connectivity index (χ4n) is 11.4. The fraction of sp³-hybridized carbons (Fsp3) is 0.508. The molecule has 12 amide bonds. The van der Waals surface area contributed by atoms with Crippen LogP contribution in [0.4, 0.5) is 0 Å². The van der Waals surface area contributed by atoms with Crippen LogP contribution in [-0.2, 0) is 81.6 Å². The zero-order chi connectivity index (χ0) is 72.6. The minimum Gasteiger partial charge on any atom is -0.508 e. The molecule has 538 valence electrons. The van der Waals surface area contributed by atoms with E-state index in [1.54, 1.807) is 44.3 Å². The molecule has 0 radical (unpaired) electrons. The van der Waals surface area contributed by atoms with Crippen LogP contribution in [0.1, 0.15) is 89.0 Å². The van der Waals surface area contributed by atoms with Crippen LogP contribution in [0, 0.1) is 5.92 Å². The number of benzene rings is 2. The van der Waals surface area contributed by atoms with E-state index >= 15 is 0 Å². The predicted molar refractivity (Wildman–Crippen MR) is 366 cm³/mol. The Bertz CT molecular complexity index is 3550. The lowest BCUT2D eigenvalue weighted by atomic mass is 10.00. The number of aromatic amines is 2. The number of rotatable bonds is 37. The van der Waals surface area contributed by atoms with E-state index in [-0.39, 0.29) is 93.7 Å². The number of hydrogen-bond donors (Lipinski definition) is 19. The maximum atomic E-state index is 14.8. The number of imidazole rings is 1. The lowest BCUT2D eigenvalue weighted by Crippen LogP contribution is -2.60. The molecule has 0 bridgehead atoms. The third-order valence-electron chi connectivity index (χ3n) is 16.5. The largest absolute Gasteiger partial charge is 0.508 e. The molecule has 21 N–H and O–H groups in total. The standard InChI is InChI=1S/C63H89N19O15S2/c1-32(2)21-42(54(88)74-41(11-6-18-69-63(66)67)61(95)82-20-8-13-49(82)59(93)80-47(30-99)57(91)77-43(22-34-14-16-37(83)17-15-34)55(89)78-45(62(96)97)25-50(65)84)76-56(90)44(23-35-26-70-40-10-5-4-9-38(35)40)75-52(86)33(3)73-51(85)28-71-53(87)46(29-98)79-58(92)48-12-7-19-81(48)60(94)39(64)24-36-27-68-31-72-36/h4-5,9-10,14-17,26-27,31-33,39,41-49,70,83,98-99H,6-8,11-13,18-25,28-30,64H2,1-3H3,(H2,65,84)(H,68,72)(H,71,87)(H,73,85)(H,74,88)(H,75,86)(H,76,90)(H,77,91)(H,78,89)(H,79,92)(H,80,93)(H,96,97)(H4,66,67,69). The third-order valence-corrected chi connectivity index (χ3v) is 17.2. The van der Waals surface area contributed by atoms with Gasteiger partial charge in [0.25, 0.3) is 0 Å². The molecule has 0 saturated carbocycles. The van der Waals surface area contributed by atoms with Gasteiger partial charge in [0.05, 0.1) is 25.3 Å². The number of carboxylic acid groups (broad SMARTS) is 1. The third kappa shape index (κ3) is 23.4. The molecule has 2 aromatic carbocycles. The molecule has 4 aromatic rings. The number of hydrogen-bond acceptors (Lipinski definition) is 19. The number of nitrogens with one attached hydrogen (secondary N) is 11. The lowest BCUT2D eigenvalue weighted by Gasteiger charge is -2.31. The SMILES string of the molecule is CC(C)CC(NC(=O)C(Cc1c[nH]c2ccccc12)NC(=O)C(C)NC(=O)CNC(=O)C(CS)NC(=O)C1CCCN1C(=O)C(N)Cc1cnc[nH]1)C(=O)NC(CCCN=C(N)N)C(=O)N1CCCC1C(=O)NC(CS)C(=O)NC(Cc1ccc(O)cc1)C(=O)NC(CC(N)=O)C(=O)O. The normalized spacial score (nSPS) is 17.0. The minimum atomic E-state index is -1.77. The van der Waals surface area contributed by atoms with Gasteiger partial charge in [-0.1, -0.05) is 44.2 Å². The van der Waals surface area contributed by atoms with Crippen LogP contribution in [0.5, 0.6) is 5.75 Å². The van der Waals surface area contributed by atoms with Crippen LogP contribution < -0.4 is 70.8 Å². The van der Waals surface area contributed by atoms with Gasteiger partial charge >= 0.3 is 5.97 Å². The van der Waals surface area contributed by atoms with Crippen molar-refractivity contribution in [2.75, 3.05) is 37.7 Å². The monoisotopic (exact) mass is 1420 g/mol. The number of aromatic hydroxyl groups is 1. The summed E-state index contributed by atoms with van der Waals surface area (Å²) < 4.78 is 0. The summed E-state index contributed by atoms with van der Waals surface area (Å²) in [4.78, 5) is 194. The van der Waals surface area contributed by atoms with Crippen LogP contribution in [-0.4, -0.2) is 222 Å². The van der Waals surface area contributed by atoms with E-state index < -0.39 is 156 Å². The summed E-state index contributed by atoms with van der Waals surface area (Å²) in [6, 6.07) is -1.86. The summed E-state index contributed by atoms with van der Waals surface area (Å²) in [6.45, 7) is 4.54. The first-order valence-corrected chi connectivity index (χ1v) is 33.5. The Morgan fingerprint density at radius 2 is 1.20 bits per heavy atom. The quantitative estimate of drug-likeness (QED) is 0.00882. The van der Waals surface area contributed by atoms with Crippen molar-refractivity contribution in [1.82, 2.24) is 72.6 Å². The second-order valence-electron chi connectivity index (χ2n) is 24.6. The van der Waals surface area contributed by atoms with Gasteiger partial charge in [0.2, 0.25) is 70.9 Å². The number of thiol groups is 2. The van der Waals surface area contributed by atoms with E-state index in [1.807, 2.05) is 0 Å². The van der Waals surface area contributed by atoms with Gasteiger partial charge in [-0.05, 0) is 87.1 Å². The molecule has 2 aliphatic rings. The Morgan fingerprint density at radius 1 is 0.646 bits per heavy atom. The highest BCUT2D eigenvalue weighted by atomic mass is 32.1. The molecule has 99 heavy (non-hydrogen) atoms. The zero-order valence-electron chi connectivity index (χ0n) is 55.0. The summed E-state index contributed by atoms with van der Waals surface area (Å²) >= 11 is 8.52. The number of nitrogens with zero attached hydrogens (tertiary/aromatic N) is 4. The zero-order valence-corrected chi connectivity index (χ0v) is 56.8. The molecule has 2 fully saturated rings. The molecule has 34 nitrogen and oxygen atoms in total. The van der Waals surface area contributed by atoms with Gasteiger partial charge in [0.15, 0.2) is 5.96 Å². The molecule has 4 heterocycles. The highest BCUT2D eigenvalue weighted by Crippen LogP contribution is 2.24. The van der Waals surface area contributed by atoms with Crippen LogP contribution in [0.15, 0.2) is 72.2 Å². The summed E-state index contributed by atoms with van der Waals surface area (Å²) in [6.07, 6.45) is 4.89. The van der Waals surface area contributed by atoms with Crippen molar-refractivity contribution in [3.05, 3.63) is 84.1 Å². The summed E-state index contributed by atoms with van der Waals surface area (Å²) in [7, 11) is 0. The number of carbonyl (C=O) groups is 13. The first-order valence-electron chi connectivity index (χ1n) is 32.2. The number of fused-ring (bicyclic) bond motifs is 1. The molecule has 36 heteroatoms. The number of nitrogens with two attached hydrogens (primary N) is 4. The number of amides is 12. The van der Waals surface area contributed by atoms with Crippen molar-refractivity contribution in [3.63, 3.8) is 0 Å². The molecule has 2 aromatic heterocycles. The van der Waals surface area contributed by atoms with Gasteiger partial charge in [0, 0.05) is 79.4 Å². The second-order valence-corrected chi connectivity index (χ2v) is 25.3. The average Bonchev–Trinajstić information content (AvgIpc) is 1.75. The molecular formula is C63H89N19O15S2. The van der Waals surface area contributed by atoms with Crippen molar-refractivity contribution < 1.29 is 72.5 Å². The first kappa shape index (κ1) is 78.0. The number of aromatic nitrogens is 3. The number of carboxylic acids is 1. The Morgan fingerprint density at radius 3 is 1.79 bits per heavy atom. The maximum absolute atomic E-state index is 14.8. The smallest absolute Gasteiger partial charge is 0.326 e. The number of likely N-dealkylation sites (tertiary alicyclic amines) is 2. The van der Waals surface area contributed by atoms with Crippen molar-refractivity contribution in [1.29, 1.82) is 0 Å². The first-order chi connectivity index (χ1) is 47.1. The van der Waals surface area contributed by atoms with E-state index in [9.17, 15) is 72.5 Å². The molecule has 2 aliphatic heterocycles. The van der Waals surface area contributed by atoms with Crippen molar-refractivity contribution in [2.24, 2.45) is 33.8 Å². The number of primary amides is 1. The highest BCUT2D eigenvalue weighted by Gasteiger charge is 2.42. The average molecular weight is 1420 g/mol. The van der Waals surface area contributed by atoms with E-state index in [0.29, 0.717) is 47.0 Å². The Balaban J connectivity index is 1.13. The van der Waals surface area contributed by atoms with Crippen LogP contribution in [0.25, 0.3) is 10.9 Å². The van der Waals surface area contributed by atoms with E-state index in [1.165, 1.54) is 53.5 Å². The topological polar surface area (TPSA) is 538 Å². The molecule has 6 rings (SSSR count). The second kappa shape index (κ2) is 37.7. The van der Waals surface area contributed by atoms with Gasteiger partial charge in [-0.3, -0.25) is 62.5 Å². The summed E-state index contributed by atoms with van der Waals surface area (Å²) in [5, 5.41) is 43.3. The Kier molecular flexibility index (Phi) is 29.7. The number of phenolic OH excluding ortho intramolecular Hbond substituents is 1. The van der Waals surface area contributed by atoms with Crippen LogP contribution in [0.3, 0.4) is 0 Å². The highest BCUT2D eigenvalue weighted by molar-refractivity contribution is 7.80. The Hall–Kier alpha value is -9.97. The number of para-hydroxylation sites is 1. The number of aliphatic carboxylic acids is 1. The van der Waals surface area contributed by atoms with Crippen LogP contribution >= 0.6 is 25.3 Å². The molecule has 11 unspecified atom stereocenters. The van der Waals surface area contributed by atoms with Crippen molar-refractivity contribution >= 4 is 119 Å². The van der Waals surface area contributed by atoms with E-state index in [2.05, 4.69) is 93.1 Å². The maximum Gasteiger partial charge on any atom is 0.326 e. The molecular weight excluding hydrogens is 1330 g/mol. The van der Waals surface area contributed by atoms with Gasteiger partial charge in [-0.2, -0.15) is 25.3 Å². The van der Waals surface area contributed by atoms with E-state index in [4.69, 9.17) is 22.9 Å². The number of phenols is 1. The minimum absolute atomic E-state index is 0.00374. The van der Waals surface area contributed by atoms with Gasteiger partial charge < -0.3 is 101 Å². The van der Waals surface area contributed by atoms with Crippen LogP contribution in [0.2, 0.25) is 0 Å². The number of carbonyl (C=O) groups excluding carboxylic acids is 12. The molecule has 0 spiro atoms. The van der Waals surface area contributed by atoms with Gasteiger partial charge in [-0.15, -0.1) is 0 Å². The van der Waals surface area contributed by atoms with Crippen molar-refractivity contribution in [2.45, 2.75) is 158 Å². The summed E-state index contributed by atoms with van der Waals surface area (Å²) in [5.41, 5.74) is 24.9. The predicted octanol–water partition coefficient (Wildman–Crippen LogP) is -4.13. The molecule has 0 aliphatic carbocycles. The fourth-order valence-corrected chi connectivity index (χ4v) is 11.9. The molecule has 2 saturated heterocycles. The van der Waals surface area contributed by atoms with Crippen molar-refractivity contribution in [3.8, 4) is 5.75 Å². The van der Waals surface area contributed by atoms with Gasteiger partial charge in [-0.25, -0.2) is 9.78 Å². The number of H-pyrrole nitrogens is 2. The van der Waals surface area contributed by atoms with E-state index in [0.717, 1.165) is 0 Å². The molecule has 11 atom stereocenters.